The Hall–Kier alpha value is -3.88. The van der Waals surface area contributed by atoms with Crippen LogP contribution < -0.4 is 14.8 Å². The molecule has 2 fully saturated rings. The first kappa shape index (κ1) is 22.6. The average Bonchev–Trinajstić information content (AvgIpc) is 3.42. The van der Waals surface area contributed by atoms with Gasteiger partial charge < -0.3 is 29.5 Å². The molecule has 8 heteroatoms. The van der Waals surface area contributed by atoms with E-state index in [1.807, 2.05) is 48.5 Å². The maximum atomic E-state index is 13.6. The lowest BCUT2D eigenvalue weighted by atomic mass is 9.72. The largest absolute Gasteiger partial charge is 0.493 e. The highest BCUT2D eigenvalue weighted by Crippen LogP contribution is 2.62. The first-order valence-corrected chi connectivity index (χ1v) is 11.8. The number of ether oxygens (including phenoxy) is 3. The molecule has 36 heavy (non-hydrogen) atoms. The molecule has 2 amide bonds. The number of para-hydroxylation sites is 1. The van der Waals surface area contributed by atoms with Crippen LogP contribution in [-0.2, 0) is 26.5 Å². The third kappa shape index (κ3) is 3.01. The number of nitrogens with one attached hydrogen (secondary N) is 1. The Balaban J connectivity index is 1.50. The summed E-state index contributed by atoms with van der Waals surface area (Å²) in [6.45, 7) is 0.552. The van der Waals surface area contributed by atoms with Gasteiger partial charge in [0.2, 0.25) is 0 Å². The van der Waals surface area contributed by atoms with Crippen LogP contribution in [0.3, 0.4) is 0 Å². The van der Waals surface area contributed by atoms with Gasteiger partial charge in [-0.05, 0) is 29.3 Å². The molecular weight excluding hydrogens is 460 g/mol. The molecule has 4 atom stereocenters. The summed E-state index contributed by atoms with van der Waals surface area (Å²) in [5, 5.41) is 14.7. The van der Waals surface area contributed by atoms with Gasteiger partial charge in [0.05, 0.1) is 20.1 Å². The minimum Gasteiger partial charge on any atom is -0.493 e. The highest BCUT2D eigenvalue weighted by molar-refractivity contribution is 6.07. The maximum Gasteiger partial charge on any atom is 0.283 e. The summed E-state index contributed by atoms with van der Waals surface area (Å²) in [4.78, 5) is 28.9. The molecule has 3 aliphatic heterocycles. The van der Waals surface area contributed by atoms with E-state index >= 15 is 0 Å². The number of hydrogen-bond acceptors (Lipinski definition) is 6. The van der Waals surface area contributed by atoms with E-state index in [-0.39, 0.29) is 6.54 Å². The fourth-order valence-electron chi connectivity index (χ4n) is 5.99. The predicted octanol–water partition coefficient (Wildman–Crippen LogP) is 3.01. The fourth-order valence-corrected chi connectivity index (χ4v) is 5.99. The van der Waals surface area contributed by atoms with Crippen molar-refractivity contribution in [1.82, 2.24) is 4.90 Å². The van der Waals surface area contributed by atoms with Gasteiger partial charge in [0.1, 0.15) is 0 Å². The first-order chi connectivity index (χ1) is 17.4. The van der Waals surface area contributed by atoms with Crippen molar-refractivity contribution in [1.29, 1.82) is 0 Å². The van der Waals surface area contributed by atoms with Gasteiger partial charge in [-0.1, -0.05) is 54.6 Å². The molecule has 0 unspecified atom stereocenters. The Morgan fingerprint density at radius 1 is 1.00 bits per heavy atom. The summed E-state index contributed by atoms with van der Waals surface area (Å²) in [6.07, 6.45) is 0. The summed E-state index contributed by atoms with van der Waals surface area (Å²) >= 11 is 0. The standard InChI is InChI=1S/C28H26N2O6/c1-34-22-13-12-18(14-23(22)35-2)24-20-16-30(15-17-8-4-3-5-9-17)26(32)28(20,33)36-27(24)19-10-6-7-11-21(19)29-25(27)31/h3-14,20,24,33H,15-16H2,1-2H3,(H,29,31)/t20-,24-,27+,28+/m1/s1. The van der Waals surface area contributed by atoms with E-state index in [1.54, 1.807) is 36.3 Å². The molecule has 0 radical (unpaired) electrons. The van der Waals surface area contributed by atoms with Crippen LogP contribution in [0.5, 0.6) is 11.5 Å². The van der Waals surface area contributed by atoms with E-state index < -0.39 is 35.0 Å². The molecule has 6 rings (SSSR count). The van der Waals surface area contributed by atoms with Crippen molar-refractivity contribution < 1.29 is 28.9 Å². The number of aliphatic hydroxyl groups is 1. The first-order valence-electron chi connectivity index (χ1n) is 11.8. The number of anilines is 1. The topological polar surface area (TPSA) is 97.3 Å². The maximum absolute atomic E-state index is 13.6. The molecule has 2 N–H and O–H groups in total. The Morgan fingerprint density at radius 2 is 1.72 bits per heavy atom. The molecule has 3 aromatic rings. The van der Waals surface area contributed by atoms with Gasteiger partial charge >= 0.3 is 0 Å². The van der Waals surface area contributed by atoms with Gasteiger partial charge in [-0.15, -0.1) is 0 Å². The minimum absolute atomic E-state index is 0.223. The van der Waals surface area contributed by atoms with Gasteiger partial charge in [0.25, 0.3) is 17.6 Å². The number of carbonyl (C=O) groups is 2. The monoisotopic (exact) mass is 486 g/mol. The molecule has 0 aromatic heterocycles. The summed E-state index contributed by atoms with van der Waals surface area (Å²) < 4.78 is 17.3. The zero-order valence-corrected chi connectivity index (χ0v) is 19.9. The van der Waals surface area contributed by atoms with E-state index in [2.05, 4.69) is 5.32 Å². The summed E-state index contributed by atoms with van der Waals surface area (Å²) in [5.41, 5.74) is 1.26. The quantitative estimate of drug-likeness (QED) is 0.576. The van der Waals surface area contributed by atoms with E-state index in [0.29, 0.717) is 34.9 Å². The van der Waals surface area contributed by atoms with Gasteiger partial charge in [-0.25, -0.2) is 0 Å². The van der Waals surface area contributed by atoms with E-state index in [0.717, 1.165) is 5.56 Å². The number of amides is 2. The van der Waals surface area contributed by atoms with Crippen LogP contribution in [-0.4, -0.2) is 48.4 Å². The molecule has 184 valence electrons. The Morgan fingerprint density at radius 3 is 2.47 bits per heavy atom. The molecule has 0 bridgehead atoms. The summed E-state index contributed by atoms with van der Waals surface area (Å²) in [6, 6.07) is 22.2. The number of hydrogen-bond donors (Lipinski definition) is 2. The van der Waals surface area contributed by atoms with Crippen molar-refractivity contribution >= 4 is 17.5 Å². The number of methoxy groups -OCH3 is 2. The zero-order chi connectivity index (χ0) is 25.1. The van der Waals surface area contributed by atoms with Crippen LogP contribution in [0.1, 0.15) is 22.6 Å². The molecule has 3 heterocycles. The lowest BCUT2D eigenvalue weighted by Gasteiger charge is -2.32. The lowest BCUT2D eigenvalue weighted by Crippen LogP contribution is -2.47. The molecule has 8 nitrogen and oxygen atoms in total. The van der Waals surface area contributed by atoms with E-state index in [9.17, 15) is 14.7 Å². The van der Waals surface area contributed by atoms with Crippen molar-refractivity contribution in [2.24, 2.45) is 5.92 Å². The Bertz CT molecular complexity index is 1360. The van der Waals surface area contributed by atoms with Crippen LogP contribution in [0.25, 0.3) is 0 Å². The van der Waals surface area contributed by atoms with E-state index in [1.165, 1.54) is 7.11 Å². The van der Waals surface area contributed by atoms with Gasteiger partial charge in [0.15, 0.2) is 17.1 Å². The second kappa shape index (κ2) is 8.08. The molecule has 2 saturated heterocycles. The second-order valence-corrected chi connectivity index (χ2v) is 9.40. The van der Waals surface area contributed by atoms with Crippen LogP contribution in [0.4, 0.5) is 5.69 Å². The SMILES string of the molecule is COc1ccc([C@@H]2[C@H]3CN(Cc4ccccc4)C(=O)[C@@]3(O)O[C@]23C(=O)Nc2ccccc23)cc1OC. The van der Waals surface area contributed by atoms with Crippen LogP contribution >= 0.6 is 0 Å². The number of likely N-dealkylation sites (tertiary alicyclic amines) is 1. The van der Waals surface area contributed by atoms with E-state index in [4.69, 9.17) is 14.2 Å². The molecule has 0 saturated carbocycles. The third-order valence-electron chi connectivity index (χ3n) is 7.57. The van der Waals surface area contributed by atoms with Gasteiger partial charge in [-0.2, -0.15) is 0 Å². The number of benzene rings is 3. The van der Waals surface area contributed by atoms with Gasteiger partial charge in [-0.3, -0.25) is 9.59 Å². The molecule has 1 spiro atoms. The van der Waals surface area contributed by atoms with Crippen LogP contribution in [0.15, 0.2) is 72.8 Å². The van der Waals surface area contributed by atoms with Crippen molar-refractivity contribution in [2.45, 2.75) is 23.9 Å². The van der Waals surface area contributed by atoms with Crippen LogP contribution in [0.2, 0.25) is 0 Å². The normalized spacial score (nSPS) is 28.2. The lowest BCUT2D eigenvalue weighted by molar-refractivity contribution is -0.225. The van der Waals surface area contributed by atoms with Crippen molar-refractivity contribution in [3.63, 3.8) is 0 Å². The van der Waals surface area contributed by atoms with Gasteiger partial charge in [0, 0.05) is 30.3 Å². The highest BCUT2D eigenvalue weighted by Gasteiger charge is 2.74. The zero-order valence-electron chi connectivity index (χ0n) is 19.9. The molecule has 3 aliphatic rings. The Labute approximate surface area is 208 Å². The summed E-state index contributed by atoms with van der Waals surface area (Å²) in [7, 11) is 3.09. The minimum atomic E-state index is -2.17. The summed E-state index contributed by atoms with van der Waals surface area (Å²) in [5.74, 6) is -3.47. The van der Waals surface area contributed by atoms with Crippen molar-refractivity contribution in [2.75, 3.05) is 26.1 Å². The fraction of sp³-hybridized carbons (Fsp3) is 0.286. The molecular formula is C28H26N2O6. The smallest absolute Gasteiger partial charge is 0.283 e. The number of fused-ring (bicyclic) bond motifs is 3. The third-order valence-corrected chi connectivity index (χ3v) is 7.57. The van der Waals surface area contributed by atoms with Crippen molar-refractivity contribution in [3.8, 4) is 11.5 Å². The molecule has 3 aromatic carbocycles. The predicted molar refractivity (Wildman–Crippen MR) is 130 cm³/mol. The van der Waals surface area contributed by atoms with Crippen molar-refractivity contribution in [3.05, 3.63) is 89.5 Å². The number of nitrogens with zero attached hydrogens (tertiary/aromatic N) is 1. The highest BCUT2D eigenvalue weighted by atomic mass is 16.7. The Kier molecular flexibility index (Phi) is 5.07. The number of carbonyl (C=O) groups excluding carboxylic acids is 2. The number of rotatable bonds is 5. The molecule has 0 aliphatic carbocycles. The van der Waals surface area contributed by atoms with Crippen LogP contribution in [0, 0.1) is 5.92 Å². The average molecular weight is 487 g/mol. The second-order valence-electron chi connectivity index (χ2n) is 9.40.